The summed E-state index contributed by atoms with van der Waals surface area (Å²) in [6.07, 6.45) is 3.25. The van der Waals surface area contributed by atoms with Crippen molar-refractivity contribution in [1.29, 1.82) is 0 Å². The SMILES string of the molecule is C=C(CC(C)CC)C(C)CC(C)C(C)=O. The van der Waals surface area contributed by atoms with Gasteiger partial charge in [-0.25, -0.2) is 0 Å². The second-order valence-corrected chi connectivity index (χ2v) is 5.02. The third kappa shape index (κ3) is 5.76. The first-order chi connectivity index (χ1) is 6.88. The lowest BCUT2D eigenvalue weighted by molar-refractivity contribution is -0.120. The van der Waals surface area contributed by atoms with E-state index < -0.39 is 0 Å². The van der Waals surface area contributed by atoms with Crippen molar-refractivity contribution in [1.82, 2.24) is 0 Å². The van der Waals surface area contributed by atoms with Crippen LogP contribution < -0.4 is 0 Å². The van der Waals surface area contributed by atoms with Gasteiger partial charge in [-0.2, -0.15) is 0 Å². The predicted molar refractivity (Wildman–Crippen MR) is 66.8 cm³/mol. The monoisotopic (exact) mass is 210 g/mol. The minimum atomic E-state index is 0.175. The van der Waals surface area contributed by atoms with Crippen molar-refractivity contribution in [2.24, 2.45) is 17.8 Å². The van der Waals surface area contributed by atoms with E-state index in [1.54, 1.807) is 6.92 Å². The fourth-order valence-electron chi connectivity index (χ4n) is 1.66. The van der Waals surface area contributed by atoms with Crippen molar-refractivity contribution in [2.45, 2.75) is 53.9 Å². The van der Waals surface area contributed by atoms with Gasteiger partial charge >= 0.3 is 0 Å². The summed E-state index contributed by atoms with van der Waals surface area (Å²) >= 11 is 0. The van der Waals surface area contributed by atoms with Gasteiger partial charge in [0.1, 0.15) is 5.78 Å². The van der Waals surface area contributed by atoms with Crippen molar-refractivity contribution in [3.8, 4) is 0 Å². The smallest absolute Gasteiger partial charge is 0.132 e. The molecule has 0 saturated carbocycles. The first kappa shape index (κ1) is 14.4. The standard InChI is InChI=1S/C14H26O/c1-7-10(2)8-11(3)12(4)9-13(5)14(6)15/h10,12-13H,3,7-9H2,1-2,4-6H3. The molecule has 0 aliphatic carbocycles. The molecule has 0 aliphatic heterocycles. The van der Waals surface area contributed by atoms with Gasteiger partial charge in [-0.1, -0.05) is 46.3 Å². The van der Waals surface area contributed by atoms with Crippen LogP contribution in [-0.2, 0) is 4.79 Å². The summed E-state index contributed by atoms with van der Waals surface area (Å²) in [5.74, 6) is 1.65. The van der Waals surface area contributed by atoms with Gasteiger partial charge in [-0.15, -0.1) is 0 Å². The molecule has 1 heteroatoms. The second-order valence-electron chi connectivity index (χ2n) is 5.02. The lowest BCUT2D eigenvalue weighted by Crippen LogP contribution is -2.13. The van der Waals surface area contributed by atoms with Crippen LogP contribution in [0.25, 0.3) is 0 Å². The largest absolute Gasteiger partial charge is 0.300 e. The molecule has 0 heterocycles. The quantitative estimate of drug-likeness (QED) is 0.575. The second kappa shape index (κ2) is 6.81. The molecule has 0 saturated heterocycles. The molecule has 0 radical (unpaired) electrons. The number of hydrogen-bond donors (Lipinski definition) is 0. The number of carbonyl (C=O) groups is 1. The zero-order valence-corrected chi connectivity index (χ0v) is 11.0. The van der Waals surface area contributed by atoms with Crippen LogP contribution in [0.5, 0.6) is 0 Å². The Balaban J connectivity index is 4.04. The molecule has 3 atom stereocenters. The first-order valence-electron chi connectivity index (χ1n) is 6.06. The normalized spacial score (nSPS) is 16.9. The van der Waals surface area contributed by atoms with Gasteiger partial charge in [0, 0.05) is 5.92 Å². The Labute approximate surface area is 95.0 Å². The molecular formula is C14H26O. The molecule has 0 aromatic rings. The Hall–Kier alpha value is -0.590. The highest BCUT2D eigenvalue weighted by Crippen LogP contribution is 2.25. The third-order valence-corrected chi connectivity index (χ3v) is 3.41. The number of ketones is 1. The summed E-state index contributed by atoms with van der Waals surface area (Å²) in [7, 11) is 0. The van der Waals surface area contributed by atoms with Crippen LogP contribution in [0.3, 0.4) is 0 Å². The Morgan fingerprint density at radius 1 is 1.20 bits per heavy atom. The van der Waals surface area contributed by atoms with Crippen LogP contribution in [0, 0.1) is 17.8 Å². The lowest BCUT2D eigenvalue weighted by Gasteiger charge is -2.20. The number of carbonyl (C=O) groups excluding carboxylic acids is 1. The zero-order valence-electron chi connectivity index (χ0n) is 11.0. The van der Waals surface area contributed by atoms with E-state index >= 15 is 0 Å². The summed E-state index contributed by atoms with van der Waals surface area (Å²) in [4.78, 5) is 11.2. The maximum Gasteiger partial charge on any atom is 0.132 e. The summed E-state index contributed by atoms with van der Waals surface area (Å²) in [5.41, 5.74) is 1.30. The minimum Gasteiger partial charge on any atom is -0.300 e. The van der Waals surface area contributed by atoms with Gasteiger partial charge in [-0.05, 0) is 31.6 Å². The molecular weight excluding hydrogens is 184 g/mol. The van der Waals surface area contributed by atoms with Crippen molar-refractivity contribution >= 4 is 5.78 Å². The number of Topliss-reactive ketones (excluding diaryl/α,β-unsaturated/α-hetero) is 1. The van der Waals surface area contributed by atoms with Crippen molar-refractivity contribution in [3.63, 3.8) is 0 Å². The van der Waals surface area contributed by atoms with Gasteiger partial charge in [0.2, 0.25) is 0 Å². The maximum atomic E-state index is 11.2. The molecule has 0 aromatic carbocycles. The van der Waals surface area contributed by atoms with E-state index in [0.29, 0.717) is 11.8 Å². The topological polar surface area (TPSA) is 17.1 Å². The van der Waals surface area contributed by atoms with Gasteiger partial charge in [0.15, 0.2) is 0 Å². The van der Waals surface area contributed by atoms with Crippen molar-refractivity contribution in [3.05, 3.63) is 12.2 Å². The van der Waals surface area contributed by atoms with Gasteiger partial charge in [0.05, 0.1) is 0 Å². The third-order valence-electron chi connectivity index (χ3n) is 3.41. The van der Waals surface area contributed by atoms with Crippen molar-refractivity contribution < 1.29 is 4.79 Å². The maximum absolute atomic E-state index is 11.2. The van der Waals surface area contributed by atoms with E-state index in [4.69, 9.17) is 0 Å². The fraction of sp³-hybridized carbons (Fsp3) is 0.786. The molecule has 88 valence electrons. The molecule has 0 aliphatic rings. The van der Waals surface area contributed by atoms with E-state index in [1.165, 1.54) is 12.0 Å². The van der Waals surface area contributed by atoms with Gasteiger partial charge in [0.25, 0.3) is 0 Å². The Morgan fingerprint density at radius 3 is 2.13 bits per heavy atom. The molecule has 0 spiro atoms. The molecule has 0 rings (SSSR count). The molecule has 0 N–H and O–H groups in total. The molecule has 1 nitrogen and oxygen atoms in total. The molecule has 3 unspecified atom stereocenters. The average Bonchev–Trinajstić information content (AvgIpc) is 2.16. The van der Waals surface area contributed by atoms with Crippen LogP contribution in [-0.4, -0.2) is 5.78 Å². The van der Waals surface area contributed by atoms with Crippen LogP contribution in [0.2, 0.25) is 0 Å². The number of hydrogen-bond acceptors (Lipinski definition) is 1. The summed E-state index contributed by atoms with van der Waals surface area (Å²) in [5, 5.41) is 0. The zero-order chi connectivity index (χ0) is 12.0. The first-order valence-corrected chi connectivity index (χ1v) is 6.06. The van der Waals surface area contributed by atoms with Crippen LogP contribution >= 0.6 is 0 Å². The summed E-state index contributed by atoms with van der Waals surface area (Å²) < 4.78 is 0. The Morgan fingerprint density at radius 2 is 1.73 bits per heavy atom. The number of allylic oxidation sites excluding steroid dienone is 1. The summed E-state index contributed by atoms with van der Waals surface area (Å²) in [6, 6.07) is 0. The fourth-order valence-corrected chi connectivity index (χ4v) is 1.66. The van der Waals surface area contributed by atoms with E-state index in [2.05, 4.69) is 27.4 Å². The van der Waals surface area contributed by atoms with Crippen LogP contribution in [0.4, 0.5) is 0 Å². The molecule has 0 aromatic heterocycles. The van der Waals surface area contributed by atoms with Gasteiger partial charge in [-0.3, -0.25) is 4.79 Å². The minimum absolute atomic E-state index is 0.175. The highest BCUT2D eigenvalue weighted by molar-refractivity contribution is 5.77. The highest BCUT2D eigenvalue weighted by atomic mass is 16.1. The average molecular weight is 210 g/mol. The van der Waals surface area contributed by atoms with Gasteiger partial charge < -0.3 is 0 Å². The van der Waals surface area contributed by atoms with E-state index in [-0.39, 0.29) is 11.7 Å². The van der Waals surface area contributed by atoms with E-state index in [0.717, 1.165) is 12.8 Å². The highest BCUT2D eigenvalue weighted by Gasteiger charge is 2.15. The Kier molecular flexibility index (Phi) is 6.55. The molecule has 15 heavy (non-hydrogen) atoms. The van der Waals surface area contributed by atoms with Crippen molar-refractivity contribution in [2.75, 3.05) is 0 Å². The van der Waals surface area contributed by atoms with E-state index in [1.807, 2.05) is 6.92 Å². The van der Waals surface area contributed by atoms with Crippen LogP contribution in [0.1, 0.15) is 53.9 Å². The lowest BCUT2D eigenvalue weighted by atomic mass is 9.85. The molecule has 0 amide bonds. The molecule has 0 fully saturated rings. The Bertz CT molecular complexity index is 217. The van der Waals surface area contributed by atoms with E-state index in [9.17, 15) is 4.79 Å². The number of rotatable bonds is 7. The van der Waals surface area contributed by atoms with Crippen LogP contribution in [0.15, 0.2) is 12.2 Å². The summed E-state index contributed by atoms with van der Waals surface area (Å²) in [6.45, 7) is 14.5. The predicted octanol–water partition coefficient (Wildman–Crippen LogP) is 4.23. The molecule has 0 bridgehead atoms.